The average molecular weight is 623 g/mol. The quantitative estimate of drug-likeness (QED) is 0.0905. The van der Waals surface area contributed by atoms with Gasteiger partial charge >= 0.3 is 103 Å². The van der Waals surface area contributed by atoms with Gasteiger partial charge < -0.3 is 13.7 Å². The van der Waals surface area contributed by atoms with Crippen molar-refractivity contribution in [2.45, 2.75) is 102 Å². The predicted octanol–water partition coefficient (Wildman–Crippen LogP) is -0.893. The molecule has 0 bridgehead atoms. The minimum absolute atomic E-state index is 0. The van der Waals surface area contributed by atoms with Gasteiger partial charge in [-0.2, -0.15) is 0 Å². The molecule has 8 nitrogen and oxygen atoms in total. The molecule has 1 aromatic heterocycles. The van der Waals surface area contributed by atoms with E-state index in [4.69, 9.17) is 12.2 Å². The maximum Gasteiger partial charge on any atom is 1.00 e. The fraction of sp³-hybridized carbons (Fsp3) is 0.667. The summed E-state index contributed by atoms with van der Waals surface area (Å²) in [6, 6.07) is 3.73. The molecule has 0 amide bonds. The van der Waals surface area contributed by atoms with Crippen LogP contribution >= 0.6 is 12.2 Å². The minimum Gasteiger partial charge on any atom is -0.748 e. The Morgan fingerprint density at radius 1 is 0.892 bits per heavy atom. The van der Waals surface area contributed by atoms with Crippen molar-refractivity contribution in [2.75, 3.05) is 5.75 Å². The zero-order chi connectivity index (χ0) is 25.9. The summed E-state index contributed by atoms with van der Waals surface area (Å²) in [6.45, 7) is 2.03. The summed E-state index contributed by atoms with van der Waals surface area (Å²) in [5, 5.41) is 0. The largest absolute Gasteiger partial charge is 1.00 e. The number of thiocarbonyl (C=S) groups is 1. The van der Waals surface area contributed by atoms with Crippen LogP contribution in [0.25, 0.3) is 11.0 Å². The molecule has 1 aromatic carbocycles. The topological polar surface area (TPSA) is 132 Å². The van der Waals surface area contributed by atoms with Crippen LogP contribution in [0.2, 0.25) is 0 Å². The first kappa shape index (κ1) is 38.9. The Bertz CT molecular complexity index is 1180. The molecule has 13 heteroatoms. The van der Waals surface area contributed by atoms with E-state index >= 15 is 0 Å². The summed E-state index contributed by atoms with van der Waals surface area (Å²) >= 11 is 5.53. The number of imidazole rings is 1. The summed E-state index contributed by atoms with van der Waals surface area (Å²) in [4.78, 5) is 4.79. The number of hydrogen-bond acceptors (Lipinski definition) is 8. The molecule has 0 aliphatic carbocycles. The fourth-order valence-corrected chi connectivity index (χ4v) is 5.32. The standard InChI is InChI=1S/C24H38N2O6S3.2K/c1-2-3-4-5-6-7-8-9-10-11-12-13-20(33)18-24-25-22-15-14-21(35(30,31)32)19-23(22)26(24)16-17-34(27,28)29;;/h14-15,19H,2-13,16-18H2,1H3,(H,27,28,29)(H,30,31,32);;/q;2*+1/p-2. The summed E-state index contributed by atoms with van der Waals surface area (Å²) in [5.74, 6) is -0.220. The molecule has 198 valence electrons. The smallest absolute Gasteiger partial charge is 0.748 e. The van der Waals surface area contributed by atoms with E-state index in [1.54, 1.807) is 0 Å². The SMILES string of the molecule is CCCCCCCCCCCCCC(=S)Cc1nc2ccc(S(=O)(=O)[O-])cc2n1CCS(=O)(=O)[O-].[K+].[K+]. The van der Waals surface area contributed by atoms with Crippen molar-refractivity contribution < 1.29 is 129 Å². The predicted molar refractivity (Wildman–Crippen MR) is 140 cm³/mol. The van der Waals surface area contributed by atoms with Gasteiger partial charge in [0.05, 0.1) is 31.8 Å². The first-order valence-corrected chi connectivity index (χ1v) is 15.8. The van der Waals surface area contributed by atoms with Crippen molar-refractivity contribution >= 4 is 48.4 Å². The van der Waals surface area contributed by atoms with Crippen molar-refractivity contribution in [1.82, 2.24) is 9.55 Å². The number of aromatic nitrogens is 2. The maximum absolute atomic E-state index is 11.4. The van der Waals surface area contributed by atoms with Gasteiger partial charge in [-0.05, 0) is 31.0 Å². The van der Waals surface area contributed by atoms with Crippen LogP contribution in [-0.4, -0.2) is 46.1 Å². The van der Waals surface area contributed by atoms with Gasteiger partial charge in [0.15, 0.2) is 0 Å². The number of fused-ring (bicyclic) bond motifs is 1. The molecule has 0 saturated carbocycles. The molecular weight excluding hydrogens is 587 g/mol. The van der Waals surface area contributed by atoms with E-state index in [0.717, 1.165) is 24.1 Å². The zero-order valence-corrected chi connectivity index (χ0v) is 31.1. The van der Waals surface area contributed by atoms with Gasteiger partial charge in [0.25, 0.3) is 0 Å². The molecule has 0 radical (unpaired) electrons. The second-order valence-corrected chi connectivity index (χ2v) is 12.5. The number of rotatable bonds is 18. The van der Waals surface area contributed by atoms with E-state index in [0.29, 0.717) is 17.8 Å². The van der Waals surface area contributed by atoms with E-state index in [2.05, 4.69) is 11.9 Å². The van der Waals surface area contributed by atoms with Crippen molar-refractivity contribution in [3.8, 4) is 0 Å². The molecule has 37 heavy (non-hydrogen) atoms. The van der Waals surface area contributed by atoms with Crippen molar-refractivity contribution in [1.29, 1.82) is 0 Å². The molecule has 0 N–H and O–H groups in total. The van der Waals surface area contributed by atoms with Crippen LogP contribution in [0.4, 0.5) is 0 Å². The number of hydrogen-bond donors (Lipinski definition) is 0. The van der Waals surface area contributed by atoms with Crippen LogP contribution in [0.5, 0.6) is 0 Å². The van der Waals surface area contributed by atoms with Gasteiger partial charge in [-0.1, -0.05) is 83.3 Å². The van der Waals surface area contributed by atoms with Crippen LogP contribution in [0.3, 0.4) is 0 Å². The second-order valence-electron chi connectivity index (χ2n) is 9.05. The Morgan fingerprint density at radius 3 is 1.95 bits per heavy atom. The van der Waals surface area contributed by atoms with Crippen LogP contribution in [0, 0.1) is 0 Å². The first-order valence-electron chi connectivity index (χ1n) is 12.4. The molecule has 0 unspecified atom stereocenters. The Hall–Kier alpha value is 1.87. The van der Waals surface area contributed by atoms with Gasteiger partial charge in [-0.15, -0.1) is 0 Å². The Morgan fingerprint density at radius 2 is 1.43 bits per heavy atom. The van der Waals surface area contributed by atoms with Crippen LogP contribution in [-0.2, 0) is 33.2 Å². The minimum atomic E-state index is -4.69. The molecule has 2 aromatic rings. The molecule has 0 atom stereocenters. The molecule has 0 spiro atoms. The van der Waals surface area contributed by atoms with Gasteiger partial charge in [0, 0.05) is 17.8 Å². The third-order valence-corrected chi connectivity index (χ3v) is 7.93. The van der Waals surface area contributed by atoms with Gasteiger partial charge in [-0.3, -0.25) is 0 Å². The average Bonchev–Trinajstić information content (AvgIpc) is 3.11. The molecule has 0 aliphatic heterocycles. The van der Waals surface area contributed by atoms with E-state index in [9.17, 15) is 25.9 Å². The maximum atomic E-state index is 11.4. The number of nitrogens with zero attached hydrogens (tertiary/aromatic N) is 2. The second kappa shape index (κ2) is 19.9. The normalized spacial score (nSPS) is 11.8. The monoisotopic (exact) mass is 622 g/mol. The number of benzene rings is 1. The third-order valence-electron chi connectivity index (χ3n) is 6.07. The van der Waals surface area contributed by atoms with E-state index < -0.39 is 30.9 Å². The van der Waals surface area contributed by atoms with E-state index in [1.807, 2.05) is 0 Å². The Kier molecular flexibility index (Phi) is 20.9. The fourth-order valence-electron chi connectivity index (χ4n) is 4.15. The molecule has 0 saturated heterocycles. The molecule has 2 rings (SSSR count). The molecule has 0 fully saturated rings. The Balaban J connectivity index is 0.00000648. The summed E-state index contributed by atoms with van der Waals surface area (Å²) in [7, 11) is -9.19. The van der Waals surface area contributed by atoms with Gasteiger partial charge in [0.2, 0.25) is 0 Å². The van der Waals surface area contributed by atoms with Crippen LogP contribution in [0.1, 0.15) is 89.8 Å². The van der Waals surface area contributed by atoms with Gasteiger partial charge in [0.1, 0.15) is 15.9 Å². The molecule has 0 aliphatic rings. The van der Waals surface area contributed by atoms with Crippen molar-refractivity contribution in [3.63, 3.8) is 0 Å². The first-order chi connectivity index (χ1) is 16.5. The van der Waals surface area contributed by atoms with E-state index in [-0.39, 0.29) is 115 Å². The van der Waals surface area contributed by atoms with Crippen molar-refractivity contribution in [3.05, 3.63) is 24.0 Å². The summed E-state index contributed by atoms with van der Waals surface area (Å²) < 4.78 is 69.3. The number of unbranched alkanes of at least 4 members (excludes halogenated alkanes) is 10. The van der Waals surface area contributed by atoms with Crippen LogP contribution in [0.15, 0.2) is 23.1 Å². The molecular formula is C24H36K2N2O6S3. The summed E-state index contributed by atoms with van der Waals surface area (Å²) in [5.41, 5.74) is 0.700. The third kappa shape index (κ3) is 15.6. The number of aryl methyl sites for hydroxylation is 1. The van der Waals surface area contributed by atoms with Gasteiger partial charge in [-0.25, -0.2) is 21.8 Å². The Labute approximate surface area is 312 Å². The molecule has 1 heterocycles. The zero-order valence-electron chi connectivity index (χ0n) is 22.4. The van der Waals surface area contributed by atoms with Crippen molar-refractivity contribution in [2.24, 2.45) is 0 Å². The van der Waals surface area contributed by atoms with E-state index in [1.165, 1.54) is 80.6 Å². The van der Waals surface area contributed by atoms with Crippen LogP contribution < -0.4 is 103 Å². The summed E-state index contributed by atoms with van der Waals surface area (Å²) in [6.07, 6.45) is 14.7.